The van der Waals surface area contributed by atoms with Gasteiger partial charge in [0.05, 0.1) is 23.9 Å². The van der Waals surface area contributed by atoms with Crippen LogP contribution >= 0.6 is 0 Å². The summed E-state index contributed by atoms with van der Waals surface area (Å²) in [5, 5.41) is 11.1. The summed E-state index contributed by atoms with van der Waals surface area (Å²) in [5.74, 6) is -4.57. The third-order valence-corrected chi connectivity index (χ3v) is 5.40. The van der Waals surface area contributed by atoms with Crippen molar-refractivity contribution in [2.75, 3.05) is 11.5 Å². The molecule has 0 aromatic heterocycles. The number of hydrogen-bond donors (Lipinski definition) is 1. The third kappa shape index (κ3) is 4.26. The van der Waals surface area contributed by atoms with Crippen molar-refractivity contribution < 1.29 is 32.6 Å². The van der Waals surface area contributed by atoms with Gasteiger partial charge in [0, 0.05) is 11.6 Å². The van der Waals surface area contributed by atoms with Gasteiger partial charge in [-0.1, -0.05) is 19.1 Å². The molecule has 1 aliphatic rings. The fraction of sp³-hybridized carbons (Fsp3) is 0.154. The fourth-order valence-electron chi connectivity index (χ4n) is 3.80. The lowest BCUT2D eigenvalue weighted by Crippen LogP contribution is -2.30. The number of Topliss-reactive ketones (excluding diaryl/α,β-unsaturated/α-hetero) is 1. The monoisotopic (exact) mass is 467 g/mol. The predicted molar refractivity (Wildman–Crippen MR) is 120 cm³/mol. The largest absolute Gasteiger partial charge is 0.507 e. The third-order valence-electron chi connectivity index (χ3n) is 5.40. The quantitative estimate of drug-likeness (QED) is 0.295. The molecule has 0 radical (unpaired) electrons. The Morgan fingerprint density at radius 1 is 0.941 bits per heavy atom. The first-order valence-corrected chi connectivity index (χ1v) is 10.6. The second-order valence-corrected chi connectivity index (χ2v) is 7.69. The van der Waals surface area contributed by atoms with Crippen molar-refractivity contribution in [2.24, 2.45) is 0 Å². The Morgan fingerprint density at radius 3 is 2.21 bits per heavy atom. The maximum atomic E-state index is 14.7. The second-order valence-electron chi connectivity index (χ2n) is 7.69. The smallest absolute Gasteiger partial charge is 0.300 e. The minimum atomic E-state index is -1.27. The number of ketones is 1. The number of carbonyl (C=O) groups excluding carboxylic acids is 2. The number of carbonyl (C=O) groups is 2. The normalized spacial score (nSPS) is 17.3. The first kappa shape index (κ1) is 23.1. The minimum Gasteiger partial charge on any atom is -0.507 e. The van der Waals surface area contributed by atoms with E-state index in [0.717, 1.165) is 35.6 Å². The summed E-state index contributed by atoms with van der Waals surface area (Å²) in [6.07, 6.45) is 0.808. The summed E-state index contributed by atoms with van der Waals surface area (Å²) in [6.45, 7) is 2.46. The Kier molecular flexibility index (Phi) is 6.40. The van der Waals surface area contributed by atoms with Crippen molar-refractivity contribution in [1.29, 1.82) is 0 Å². The summed E-state index contributed by atoms with van der Waals surface area (Å²) in [4.78, 5) is 26.9. The number of benzene rings is 3. The molecule has 1 unspecified atom stereocenters. The Morgan fingerprint density at radius 2 is 1.59 bits per heavy atom. The summed E-state index contributed by atoms with van der Waals surface area (Å²) in [6, 6.07) is 12.5. The van der Waals surface area contributed by atoms with Crippen molar-refractivity contribution in [2.45, 2.75) is 19.4 Å². The molecule has 1 amide bonds. The molecule has 1 fully saturated rings. The maximum Gasteiger partial charge on any atom is 0.300 e. The van der Waals surface area contributed by atoms with Gasteiger partial charge in [-0.05, 0) is 60.5 Å². The summed E-state index contributed by atoms with van der Waals surface area (Å²) in [7, 11) is 0. The highest BCUT2D eigenvalue weighted by Gasteiger charge is 2.47. The Bertz CT molecular complexity index is 1270. The Labute approximate surface area is 193 Å². The first-order valence-electron chi connectivity index (χ1n) is 10.6. The lowest BCUT2D eigenvalue weighted by atomic mass is 9.95. The molecule has 34 heavy (non-hydrogen) atoms. The molecular formula is C26H20F3NO4. The molecule has 0 saturated carbocycles. The fourth-order valence-corrected chi connectivity index (χ4v) is 3.80. The number of aliphatic hydroxyl groups is 1. The first-order chi connectivity index (χ1) is 16.3. The molecule has 0 aliphatic carbocycles. The maximum absolute atomic E-state index is 14.7. The van der Waals surface area contributed by atoms with Crippen molar-refractivity contribution in [3.05, 3.63) is 101 Å². The lowest BCUT2D eigenvalue weighted by molar-refractivity contribution is -0.132. The van der Waals surface area contributed by atoms with E-state index in [1.807, 2.05) is 6.92 Å². The van der Waals surface area contributed by atoms with E-state index in [1.165, 1.54) is 24.3 Å². The van der Waals surface area contributed by atoms with E-state index < -0.39 is 40.9 Å². The second kappa shape index (κ2) is 9.43. The van der Waals surface area contributed by atoms with Gasteiger partial charge in [0.1, 0.15) is 29.0 Å². The van der Waals surface area contributed by atoms with E-state index in [-0.39, 0.29) is 22.4 Å². The number of halogens is 3. The number of anilines is 1. The van der Waals surface area contributed by atoms with E-state index >= 15 is 0 Å². The Hall–Kier alpha value is -4.07. The van der Waals surface area contributed by atoms with Crippen LogP contribution in [0, 0.1) is 17.5 Å². The van der Waals surface area contributed by atoms with Gasteiger partial charge in [-0.15, -0.1) is 0 Å². The molecule has 3 aromatic rings. The van der Waals surface area contributed by atoms with Gasteiger partial charge in [-0.3, -0.25) is 14.5 Å². The van der Waals surface area contributed by atoms with Crippen LogP contribution in [0.2, 0.25) is 0 Å². The molecule has 5 nitrogen and oxygen atoms in total. The summed E-state index contributed by atoms with van der Waals surface area (Å²) >= 11 is 0. The molecule has 1 heterocycles. The summed E-state index contributed by atoms with van der Waals surface area (Å²) in [5.41, 5.74) is -0.162. The van der Waals surface area contributed by atoms with Crippen molar-refractivity contribution in [1.82, 2.24) is 0 Å². The minimum absolute atomic E-state index is 0.230. The molecule has 1 N–H and O–H groups in total. The van der Waals surface area contributed by atoms with E-state index in [2.05, 4.69) is 0 Å². The number of nitrogens with zero attached hydrogens (tertiary/aromatic N) is 1. The zero-order chi connectivity index (χ0) is 24.4. The topological polar surface area (TPSA) is 66.8 Å². The zero-order valence-electron chi connectivity index (χ0n) is 18.1. The number of rotatable bonds is 6. The average molecular weight is 467 g/mol. The van der Waals surface area contributed by atoms with E-state index in [0.29, 0.717) is 18.4 Å². The highest BCUT2D eigenvalue weighted by Crippen LogP contribution is 2.43. The van der Waals surface area contributed by atoms with Gasteiger partial charge in [-0.25, -0.2) is 13.2 Å². The van der Waals surface area contributed by atoms with Crippen LogP contribution in [0.3, 0.4) is 0 Å². The molecule has 1 aliphatic heterocycles. The van der Waals surface area contributed by atoms with Crippen LogP contribution < -0.4 is 9.64 Å². The van der Waals surface area contributed by atoms with Crippen LogP contribution in [0.25, 0.3) is 5.76 Å². The molecule has 4 rings (SSSR count). The molecule has 8 heteroatoms. The predicted octanol–water partition coefficient (Wildman–Crippen LogP) is 5.52. The van der Waals surface area contributed by atoms with Crippen molar-refractivity contribution in [3.8, 4) is 5.75 Å². The van der Waals surface area contributed by atoms with Gasteiger partial charge in [0.25, 0.3) is 11.7 Å². The molecule has 0 spiro atoms. The highest BCUT2D eigenvalue weighted by atomic mass is 19.1. The van der Waals surface area contributed by atoms with Crippen molar-refractivity contribution in [3.63, 3.8) is 0 Å². The molecule has 174 valence electrons. The van der Waals surface area contributed by atoms with E-state index in [4.69, 9.17) is 4.74 Å². The van der Waals surface area contributed by atoms with Crippen molar-refractivity contribution >= 4 is 23.1 Å². The molecule has 0 bridgehead atoms. The van der Waals surface area contributed by atoms with Crippen LogP contribution in [0.4, 0.5) is 18.9 Å². The number of ether oxygens (including phenoxy) is 1. The number of hydrogen-bond acceptors (Lipinski definition) is 4. The average Bonchev–Trinajstić information content (AvgIpc) is 3.08. The van der Waals surface area contributed by atoms with Gasteiger partial charge in [0.2, 0.25) is 0 Å². The lowest BCUT2D eigenvalue weighted by Gasteiger charge is -2.25. The standard InChI is InChI=1S/C26H20F3NO4/c1-2-13-34-19-10-5-16(6-11-19)24(31)22-23(15-3-7-17(27)8-4-15)30(26(33)25(22)32)21-12-9-18(28)14-20(21)29/h3-12,14,23,31H,2,13H2,1H3/b24-22+. The SMILES string of the molecule is CCCOc1ccc(/C(O)=C2\C(=O)C(=O)N(c3ccc(F)cc3F)C2c2ccc(F)cc2)cc1. The highest BCUT2D eigenvalue weighted by molar-refractivity contribution is 6.51. The molecule has 3 aromatic carbocycles. The molecule has 1 saturated heterocycles. The molecular weight excluding hydrogens is 447 g/mol. The molecule has 1 atom stereocenters. The van der Waals surface area contributed by atoms with E-state index in [1.54, 1.807) is 12.1 Å². The van der Waals surface area contributed by atoms with Crippen LogP contribution in [0.15, 0.2) is 72.3 Å². The van der Waals surface area contributed by atoms with Gasteiger partial charge in [-0.2, -0.15) is 0 Å². The zero-order valence-corrected chi connectivity index (χ0v) is 18.1. The van der Waals surface area contributed by atoms with E-state index in [9.17, 15) is 27.9 Å². The number of amides is 1. The Balaban J connectivity index is 1.87. The van der Waals surface area contributed by atoms with Crippen LogP contribution in [0.5, 0.6) is 5.75 Å². The number of aliphatic hydroxyl groups excluding tert-OH is 1. The van der Waals surface area contributed by atoms with Gasteiger partial charge in [0.15, 0.2) is 0 Å². The van der Waals surface area contributed by atoms with Gasteiger partial charge < -0.3 is 9.84 Å². The van der Waals surface area contributed by atoms with Crippen LogP contribution in [-0.4, -0.2) is 23.4 Å². The summed E-state index contributed by atoms with van der Waals surface area (Å²) < 4.78 is 47.3. The van der Waals surface area contributed by atoms with Crippen LogP contribution in [-0.2, 0) is 9.59 Å². The van der Waals surface area contributed by atoms with Gasteiger partial charge >= 0.3 is 0 Å². The van der Waals surface area contributed by atoms with Crippen LogP contribution in [0.1, 0.15) is 30.5 Å².